The predicted molar refractivity (Wildman–Crippen MR) is 48.7 cm³/mol. The number of hydrogen-bond acceptors (Lipinski definition) is 3. The molecule has 0 unspecified atom stereocenters. The van der Waals surface area contributed by atoms with E-state index in [-0.39, 0.29) is 0 Å². The molecule has 1 rings (SSSR count). The van der Waals surface area contributed by atoms with Crippen LogP contribution in [-0.2, 0) is 0 Å². The Balaban J connectivity index is 3.25. The molecule has 0 aliphatic carbocycles. The first-order valence-corrected chi connectivity index (χ1v) is 3.55. The Morgan fingerprint density at radius 1 is 1.58 bits per heavy atom. The van der Waals surface area contributed by atoms with Gasteiger partial charge in [0.15, 0.2) is 0 Å². The lowest BCUT2D eigenvalue weighted by Gasteiger charge is -2.03. The van der Waals surface area contributed by atoms with E-state index < -0.39 is 0 Å². The van der Waals surface area contributed by atoms with Crippen LogP contribution in [0.3, 0.4) is 0 Å². The van der Waals surface area contributed by atoms with Gasteiger partial charge in [0.25, 0.3) is 0 Å². The minimum atomic E-state index is 0.371. The number of benzene rings is 1. The lowest BCUT2D eigenvalue weighted by Crippen LogP contribution is -2.00. The van der Waals surface area contributed by atoms with Gasteiger partial charge in [-0.1, -0.05) is 0 Å². The molecule has 3 heteroatoms. The van der Waals surface area contributed by atoms with Crippen LogP contribution in [0.25, 0.3) is 0 Å². The van der Waals surface area contributed by atoms with Crippen molar-refractivity contribution in [3.8, 4) is 0 Å². The molecule has 0 aliphatic rings. The highest BCUT2D eigenvalue weighted by molar-refractivity contribution is 6.02. The summed E-state index contributed by atoms with van der Waals surface area (Å²) in [5, 5.41) is 7.35. The van der Waals surface area contributed by atoms with Crippen molar-refractivity contribution in [3.05, 3.63) is 29.3 Å². The summed E-state index contributed by atoms with van der Waals surface area (Å²) in [6.45, 7) is 1.64. The zero-order valence-electron chi connectivity index (χ0n) is 6.79. The molecule has 1 aromatic carbocycles. The summed E-state index contributed by atoms with van der Waals surface area (Å²) in [5.74, 6) is 0. The van der Waals surface area contributed by atoms with Crippen LogP contribution in [0.15, 0.2) is 18.2 Å². The number of nitrogens with two attached hydrogens (primary N) is 1. The van der Waals surface area contributed by atoms with E-state index >= 15 is 0 Å². The van der Waals surface area contributed by atoms with E-state index in [4.69, 9.17) is 11.1 Å². The summed E-state index contributed by atoms with van der Waals surface area (Å²) in [4.78, 5) is 10.4. The van der Waals surface area contributed by atoms with Crippen LogP contribution in [0.1, 0.15) is 22.8 Å². The second kappa shape index (κ2) is 3.17. The van der Waals surface area contributed by atoms with Crippen molar-refractivity contribution in [1.82, 2.24) is 0 Å². The molecule has 0 bridgehead atoms. The van der Waals surface area contributed by atoms with Gasteiger partial charge in [-0.2, -0.15) is 0 Å². The SMILES string of the molecule is CC(=N)c1cc(C=O)ccc1N. The van der Waals surface area contributed by atoms with Crippen LogP contribution in [0.2, 0.25) is 0 Å². The van der Waals surface area contributed by atoms with Crippen molar-refractivity contribution in [2.45, 2.75) is 6.92 Å². The number of hydrogen-bond donors (Lipinski definition) is 2. The number of carbonyl (C=O) groups is 1. The zero-order valence-corrected chi connectivity index (χ0v) is 6.79. The molecule has 62 valence electrons. The van der Waals surface area contributed by atoms with Crippen LogP contribution < -0.4 is 5.73 Å². The second-order valence-corrected chi connectivity index (χ2v) is 2.59. The number of anilines is 1. The lowest BCUT2D eigenvalue weighted by molar-refractivity contribution is 0.112. The molecule has 1 aromatic rings. The average Bonchev–Trinajstić information content (AvgIpc) is 2.05. The first-order chi connectivity index (χ1) is 5.65. The van der Waals surface area contributed by atoms with Gasteiger partial charge in [-0.3, -0.25) is 4.79 Å². The number of nitrogen functional groups attached to an aromatic ring is 1. The normalized spacial score (nSPS) is 9.42. The maximum absolute atomic E-state index is 10.4. The molecular formula is C9H10N2O. The molecule has 0 amide bonds. The Kier molecular flexibility index (Phi) is 2.24. The van der Waals surface area contributed by atoms with Crippen molar-refractivity contribution in [2.75, 3.05) is 5.73 Å². The van der Waals surface area contributed by atoms with Gasteiger partial charge in [0.1, 0.15) is 6.29 Å². The van der Waals surface area contributed by atoms with Crippen LogP contribution in [0, 0.1) is 5.41 Å². The Bertz CT molecular complexity index is 331. The van der Waals surface area contributed by atoms with E-state index in [1.807, 2.05) is 0 Å². The summed E-state index contributed by atoms with van der Waals surface area (Å²) < 4.78 is 0. The highest BCUT2D eigenvalue weighted by atomic mass is 16.1. The van der Waals surface area contributed by atoms with Gasteiger partial charge in [0.2, 0.25) is 0 Å². The van der Waals surface area contributed by atoms with Gasteiger partial charge in [-0.05, 0) is 25.1 Å². The van der Waals surface area contributed by atoms with Crippen molar-refractivity contribution in [2.24, 2.45) is 0 Å². The van der Waals surface area contributed by atoms with E-state index in [0.29, 0.717) is 22.5 Å². The molecule has 3 N–H and O–H groups in total. The average molecular weight is 162 g/mol. The molecule has 0 radical (unpaired) electrons. The first kappa shape index (κ1) is 8.46. The molecule has 0 spiro atoms. The van der Waals surface area contributed by atoms with Gasteiger partial charge >= 0.3 is 0 Å². The number of nitrogens with one attached hydrogen (secondary N) is 1. The van der Waals surface area contributed by atoms with E-state index in [1.54, 1.807) is 25.1 Å². The quantitative estimate of drug-likeness (QED) is 0.393. The maximum atomic E-state index is 10.4. The molecule has 0 aromatic heterocycles. The summed E-state index contributed by atoms with van der Waals surface area (Å²) in [5.41, 5.74) is 7.67. The highest BCUT2D eigenvalue weighted by Gasteiger charge is 2.01. The van der Waals surface area contributed by atoms with Gasteiger partial charge < -0.3 is 11.1 Å². The predicted octanol–water partition coefficient (Wildman–Crippen LogP) is 1.47. The molecule has 0 aliphatic heterocycles. The van der Waals surface area contributed by atoms with Gasteiger partial charge in [0, 0.05) is 22.5 Å². The van der Waals surface area contributed by atoms with E-state index in [9.17, 15) is 4.79 Å². The molecular weight excluding hydrogens is 152 g/mol. The molecule has 0 fully saturated rings. The molecule has 3 nitrogen and oxygen atoms in total. The fourth-order valence-electron chi connectivity index (χ4n) is 0.972. The Labute approximate surface area is 70.7 Å². The van der Waals surface area contributed by atoms with E-state index in [2.05, 4.69) is 0 Å². The second-order valence-electron chi connectivity index (χ2n) is 2.59. The van der Waals surface area contributed by atoms with Crippen LogP contribution in [0.5, 0.6) is 0 Å². The van der Waals surface area contributed by atoms with Crippen molar-refractivity contribution >= 4 is 17.7 Å². The van der Waals surface area contributed by atoms with Crippen molar-refractivity contribution in [1.29, 1.82) is 5.41 Å². The first-order valence-electron chi connectivity index (χ1n) is 3.55. The van der Waals surface area contributed by atoms with Gasteiger partial charge in [-0.15, -0.1) is 0 Å². The summed E-state index contributed by atoms with van der Waals surface area (Å²) in [7, 11) is 0. The van der Waals surface area contributed by atoms with E-state index in [0.717, 1.165) is 6.29 Å². The molecule has 12 heavy (non-hydrogen) atoms. The Hall–Kier alpha value is -1.64. The van der Waals surface area contributed by atoms with Crippen LogP contribution >= 0.6 is 0 Å². The number of carbonyl (C=O) groups excluding carboxylic acids is 1. The third-order valence-corrected chi connectivity index (χ3v) is 1.62. The third-order valence-electron chi connectivity index (χ3n) is 1.62. The van der Waals surface area contributed by atoms with Crippen molar-refractivity contribution in [3.63, 3.8) is 0 Å². The topological polar surface area (TPSA) is 66.9 Å². The molecule has 0 saturated carbocycles. The summed E-state index contributed by atoms with van der Waals surface area (Å²) in [6, 6.07) is 4.89. The zero-order chi connectivity index (χ0) is 9.14. The van der Waals surface area contributed by atoms with Gasteiger partial charge in [0.05, 0.1) is 0 Å². The third kappa shape index (κ3) is 1.50. The number of rotatable bonds is 2. The minimum absolute atomic E-state index is 0.371. The summed E-state index contributed by atoms with van der Waals surface area (Å²) in [6.07, 6.45) is 0.742. The monoisotopic (exact) mass is 162 g/mol. The van der Waals surface area contributed by atoms with Crippen molar-refractivity contribution < 1.29 is 4.79 Å². The fraction of sp³-hybridized carbons (Fsp3) is 0.111. The largest absolute Gasteiger partial charge is 0.398 e. The lowest BCUT2D eigenvalue weighted by atomic mass is 10.1. The molecule has 0 atom stereocenters. The highest BCUT2D eigenvalue weighted by Crippen LogP contribution is 2.13. The Morgan fingerprint density at radius 3 is 2.75 bits per heavy atom. The van der Waals surface area contributed by atoms with Crippen LogP contribution in [0.4, 0.5) is 5.69 Å². The number of aldehydes is 1. The maximum Gasteiger partial charge on any atom is 0.150 e. The smallest absolute Gasteiger partial charge is 0.150 e. The summed E-state index contributed by atoms with van der Waals surface area (Å²) >= 11 is 0. The van der Waals surface area contributed by atoms with E-state index in [1.165, 1.54) is 0 Å². The Morgan fingerprint density at radius 2 is 2.25 bits per heavy atom. The molecule has 0 heterocycles. The minimum Gasteiger partial charge on any atom is -0.398 e. The van der Waals surface area contributed by atoms with Gasteiger partial charge in [-0.25, -0.2) is 0 Å². The standard InChI is InChI=1S/C9H10N2O/c1-6(10)8-4-7(5-12)2-3-9(8)11/h2-5,10H,11H2,1H3. The van der Waals surface area contributed by atoms with Crippen LogP contribution in [-0.4, -0.2) is 12.0 Å². The fourth-order valence-corrected chi connectivity index (χ4v) is 0.972. The molecule has 0 saturated heterocycles.